The Bertz CT molecular complexity index is 894. The number of nitrogens with one attached hydrogen (secondary N) is 1. The van der Waals surface area contributed by atoms with Crippen molar-refractivity contribution in [1.29, 1.82) is 0 Å². The number of benzene rings is 2. The van der Waals surface area contributed by atoms with E-state index in [1.165, 1.54) is 30.5 Å². The van der Waals surface area contributed by atoms with Gasteiger partial charge < -0.3 is 9.73 Å². The number of hydrogen-bond acceptors (Lipinski definition) is 3. The van der Waals surface area contributed by atoms with Crippen molar-refractivity contribution in [3.05, 3.63) is 70.7 Å². The van der Waals surface area contributed by atoms with Crippen molar-refractivity contribution in [3.63, 3.8) is 0 Å². The highest BCUT2D eigenvalue weighted by atomic mass is 79.9. The number of hydrogen-bond donors (Lipinski definition) is 1. The molecular formula is C18H13BrF2N2O2. The number of halogens is 3. The van der Waals surface area contributed by atoms with Crippen molar-refractivity contribution in [2.45, 2.75) is 12.8 Å². The highest BCUT2D eigenvalue weighted by molar-refractivity contribution is 9.10. The van der Waals surface area contributed by atoms with E-state index in [0.29, 0.717) is 21.7 Å². The van der Waals surface area contributed by atoms with Crippen molar-refractivity contribution < 1.29 is 18.0 Å². The average Bonchev–Trinajstić information content (AvgIpc) is 3.05. The highest BCUT2D eigenvalue weighted by Crippen LogP contribution is 2.22. The minimum absolute atomic E-state index is 0.0961. The lowest BCUT2D eigenvalue weighted by Crippen LogP contribution is -2.13. The first-order chi connectivity index (χ1) is 12.0. The molecule has 1 N–H and O–H groups in total. The summed E-state index contributed by atoms with van der Waals surface area (Å²) in [6, 6.07) is 10.2. The molecule has 0 saturated carbocycles. The van der Waals surface area contributed by atoms with Crippen LogP contribution < -0.4 is 5.32 Å². The van der Waals surface area contributed by atoms with Crippen LogP contribution in [0.5, 0.6) is 0 Å². The Morgan fingerprint density at radius 3 is 2.64 bits per heavy atom. The van der Waals surface area contributed by atoms with E-state index in [2.05, 4.69) is 26.2 Å². The van der Waals surface area contributed by atoms with Gasteiger partial charge in [-0.15, -0.1) is 0 Å². The lowest BCUT2D eigenvalue weighted by Gasteiger charge is -2.05. The van der Waals surface area contributed by atoms with Gasteiger partial charge in [0.05, 0.1) is 11.9 Å². The van der Waals surface area contributed by atoms with Crippen molar-refractivity contribution in [1.82, 2.24) is 4.98 Å². The fourth-order valence-corrected chi connectivity index (χ4v) is 2.53. The van der Waals surface area contributed by atoms with Crippen LogP contribution in [0.2, 0.25) is 0 Å². The summed E-state index contributed by atoms with van der Waals surface area (Å²) in [5.41, 5.74) is 0.814. The molecule has 7 heteroatoms. The molecule has 3 aromatic rings. The lowest BCUT2D eigenvalue weighted by atomic mass is 10.2. The number of oxazole rings is 1. The number of amides is 1. The second-order valence-electron chi connectivity index (χ2n) is 5.30. The second kappa shape index (κ2) is 7.57. The first-order valence-electron chi connectivity index (χ1n) is 7.47. The lowest BCUT2D eigenvalue weighted by molar-refractivity contribution is -0.116. The normalized spacial score (nSPS) is 10.7. The Kier molecular flexibility index (Phi) is 5.23. The number of anilines is 1. The second-order valence-corrected chi connectivity index (χ2v) is 6.21. The molecule has 0 unspecified atom stereocenters. The number of carbonyl (C=O) groups excluding carboxylic acids is 1. The molecule has 0 atom stereocenters. The summed E-state index contributed by atoms with van der Waals surface area (Å²) in [7, 11) is 0. The van der Waals surface area contributed by atoms with E-state index in [0.717, 1.165) is 0 Å². The largest absolute Gasteiger partial charge is 0.441 e. The first kappa shape index (κ1) is 17.3. The molecule has 1 heterocycles. The number of aromatic nitrogens is 1. The zero-order valence-corrected chi connectivity index (χ0v) is 14.5. The summed E-state index contributed by atoms with van der Waals surface area (Å²) in [6.45, 7) is 0. The topological polar surface area (TPSA) is 55.1 Å². The maximum Gasteiger partial charge on any atom is 0.224 e. The molecule has 4 nitrogen and oxygen atoms in total. The molecule has 2 aromatic carbocycles. The van der Waals surface area contributed by atoms with E-state index in [9.17, 15) is 13.6 Å². The van der Waals surface area contributed by atoms with Crippen LogP contribution in [0, 0.1) is 11.6 Å². The van der Waals surface area contributed by atoms with E-state index in [1.807, 2.05) is 0 Å². The maximum atomic E-state index is 13.7. The monoisotopic (exact) mass is 406 g/mol. The zero-order chi connectivity index (χ0) is 17.8. The summed E-state index contributed by atoms with van der Waals surface area (Å²) in [5.74, 6) is -0.319. The van der Waals surface area contributed by atoms with E-state index < -0.39 is 5.82 Å². The van der Waals surface area contributed by atoms with Crippen LogP contribution in [0.25, 0.3) is 11.3 Å². The average molecular weight is 407 g/mol. The van der Waals surface area contributed by atoms with Gasteiger partial charge in [-0.1, -0.05) is 15.9 Å². The van der Waals surface area contributed by atoms with E-state index in [1.54, 1.807) is 18.2 Å². The fourth-order valence-electron chi connectivity index (χ4n) is 2.20. The van der Waals surface area contributed by atoms with Gasteiger partial charge in [-0.3, -0.25) is 4.79 Å². The molecule has 0 fully saturated rings. The summed E-state index contributed by atoms with van der Waals surface area (Å²) in [5, 5.41) is 2.51. The molecule has 0 aliphatic heterocycles. The van der Waals surface area contributed by atoms with Gasteiger partial charge in [0.15, 0.2) is 11.7 Å². The highest BCUT2D eigenvalue weighted by Gasteiger charge is 2.11. The number of aryl methyl sites for hydroxylation is 1. The van der Waals surface area contributed by atoms with E-state index in [4.69, 9.17) is 4.42 Å². The molecule has 3 rings (SSSR count). The van der Waals surface area contributed by atoms with Gasteiger partial charge in [-0.25, -0.2) is 13.8 Å². The number of rotatable bonds is 5. The summed E-state index contributed by atoms with van der Waals surface area (Å²) >= 11 is 3.16. The van der Waals surface area contributed by atoms with Crippen LogP contribution in [-0.4, -0.2) is 10.9 Å². The summed E-state index contributed by atoms with van der Waals surface area (Å²) in [4.78, 5) is 16.0. The third-order valence-corrected chi connectivity index (χ3v) is 3.95. The van der Waals surface area contributed by atoms with Crippen LogP contribution in [0.4, 0.5) is 14.5 Å². The van der Waals surface area contributed by atoms with Gasteiger partial charge in [0.2, 0.25) is 5.91 Å². The Morgan fingerprint density at radius 2 is 1.92 bits per heavy atom. The van der Waals surface area contributed by atoms with Crippen LogP contribution in [0.1, 0.15) is 12.3 Å². The van der Waals surface area contributed by atoms with Crippen molar-refractivity contribution in [2.24, 2.45) is 0 Å². The number of carbonyl (C=O) groups is 1. The third kappa shape index (κ3) is 4.51. The molecule has 128 valence electrons. The van der Waals surface area contributed by atoms with Crippen LogP contribution in [-0.2, 0) is 11.2 Å². The van der Waals surface area contributed by atoms with Crippen molar-refractivity contribution in [2.75, 3.05) is 5.32 Å². The number of nitrogens with zero attached hydrogens (tertiary/aromatic N) is 1. The molecule has 0 aliphatic rings. The van der Waals surface area contributed by atoms with Gasteiger partial charge in [-0.2, -0.15) is 0 Å². The molecular weight excluding hydrogens is 394 g/mol. The smallest absolute Gasteiger partial charge is 0.224 e. The molecule has 1 aromatic heterocycles. The van der Waals surface area contributed by atoms with Gasteiger partial charge in [0.1, 0.15) is 11.6 Å². The summed E-state index contributed by atoms with van der Waals surface area (Å²) in [6.07, 6.45) is 1.89. The quantitative estimate of drug-likeness (QED) is 0.651. The Balaban J connectivity index is 1.58. The Hall–Kier alpha value is -2.54. The molecule has 0 bridgehead atoms. The first-order valence-corrected chi connectivity index (χ1v) is 8.26. The third-order valence-electron chi connectivity index (χ3n) is 3.45. The van der Waals surface area contributed by atoms with Crippen LogP contribution in [0.3, 0.4) is 0 Å². The SMILES string of the molecule is O=C(CCc1ncc(-c2ccc(F)cc2)o1)Nc1ccc(Br)cc1F. The predicted molar refractivity (Wildman–Crippen MR) is 92.9 cm³/mol. The molecule has 0 saturated heterocycles. The van der Waals surface area contributed by atoms with Gasteiger partial charge in [0, 0.05) is 22.9 Å². The molecule has 0 radical (unpaired) electrons. The van der Waals surface area contributed by atoms with Crippen LogP contribution in [0.15, 0.2) is 57.6 Å². The van der Waals surface area contributed by atoms with E-state index >= 15 is 0 Å². The molecule has 1 amide bonds. The van der Waals surface area contributed by atoms with Gasteiger partial charge >= 0.3 is 0 Å². The maximum absolute atomic E-state index is 13.7. The van der Waals surface area contributed by atoms with Crippen molar-refractivity contribution >= 4 is 27.5 Å². The van der Waals surface area contributed by atoms with E-state index in [-0.39, 0.29) is 30.3 Å². The summed E-state index contributed by atoms with van der Waals surface area (Å²) < 4.78 is 32.8. The van der Waals surface area contributed by atoms with Gasteiger partial charge in [-0.05, 0) is 42.5 Å². The molecule has 25 heavy (non-hydrogen) atoms. The minimum Gasteiger partial charge on any atom is -0.441 e. The molecule has 0 aliphatic carbocycles. The minimum atomic E-state index is -0.516. The Labute approximate surface area is 151 Å². The standard InChI is InChI=1S/C18H13BrF2N2O2/c19-12-3-6-15(14(21)9-12)23-17(24)7-8-18-22-10-16(25-18)11-1-4-13(20)5-2-11/h1-6,9-10H,7-8H2,(H,23,24). The molecule has 0 spiro atoms. The predicted octanol–water partition coefficient (Wildman–Crippen LogP) is 4.95. The Morgan fingerprint density at radius 1 is 1.16 bits per heavy atom. The zero-order valence-electron chi connectivity index (χ0n) is 12.9. The van der Waals surface area contributed by atoms with Crippen molar-refractivity contribution in [3.8, 4) is 11.3 Å². The van der Waals surface area contributed by atoms with Crippen LogP contribution >= 0.6 is 15.9 Å². The fraction of sp³-hybridized carbons (Fsp3) is 0.111. The van der Waals surface area contributed by atoms with Gasteiger partial charge in [0.25, 0.3) is 0 Å².